The van der Waals surface area contributed by atoms with Gasteiger partial charge in [0.2, 0.25) is 10.0 Å². The van der Waals surface area contributed by atoms with E-state index < -0.39 is 10.0 Å². The van der Waals surface area contributed by atoms with Crippen LogP contribution in [0.5, 0.6) is 0 Å². The molecule has 2 rings (SSSR count). The van der Waals surface area contributed by atoms with Gasteiger partial charge in [0.1, 0.15) is 6.07 Å². The third-order valence-electron chi connectivity index (χ3n) is 3.89. The molecular formula is C15H18ClN3O4S. The summed E-state index contributed by atoms with van der Waals surface area (Å²) >= 11 is 5.85. The van der Waals surface area contributed by atoms with E-state index in [0.29, 0.717) is 32.7 Å². The molecular weight excluding hydrogens is 354 g/mol. The van der Waals surface area contributed by atoms with Crippen LogP contribution in [0.2, 0.25) is 5.02 Å². The van der Waals surface area contributed by atoms with Crippen molar-refractivity contribution in [2.45, 2.75) is 11.3 Å². The number of benzene rings is 1. The lowest BCUT2D eigenvalue weighted by molar-refractivity contribution is -0.141. The number of nitriles is 1. The Morgan fingerprint density at radius 3 is 2.58 bits per heavy atom. The van der Waals surface area contributed by atoms with E-state index >= 15 is 0 Å². The minimum atomic E-state index is -3.67. The van der Waals surface area contributed by atoms with Crippen LogP contribution in [-0.2, 0) is 19.6 Å². The fourth-order valence-electron chi connectivity index (χ4n) is 2.44. The highest BCUT2D eigenvalue weighted by Crippen LogP contribution is 2.23. The molecule has 1 aromatic rings. The molecule has 0 bridgehead atoms. The van der Waals surface area contributed by atoms with Crippen molar-refractivity contribution in [3.63, 3.8) is 0 Å². The summed E-state index contributed by atoms with van der Waals surface area (Å²) in [6.07, 6.45) is 0.284. The van der Waals surface area contributed by atoms with E-state index in [1.165, 1.54) is 29.6 Å². The summed E-state index contributed by atoms with van der Waals surface area (Å²) in [5, 5.41) is 9.22. The molecule has 7 nitrogen and oxygen atoms in total. The number of sulfonamides is 1. The van der Waals surface area contributed by atoms with Gasteiger partial charge in [0.05, 0.1) is 29.0 Å². The van der Waals surface area contributed by atoms with Gasteiger partial charge in [0.15, 0.2) is 0 Å². The molecule has 0 saturated carbocycles. The van der Waals surface area contributed by atoms with Crippen molar-refractivity contribution in [1.82, 2.24) is 9.21 Å². The Balaban J connectivity index is 2.02. The maximum Gasteiger partial charge on any atom is 0.306 e. The van der Waals surface area contributed by atoms with Gasteiger partial charge in [-0.05, 0) is 18.2 Å². The predicted octanol–water partition coefficient (Wildman–Crippen LogP) is 1.08. The molecule has 0 unspecified atom stereocenters. The highest BCUT2D eigenvalue weighted by molar-refractivity contribution is 7.89. The largest absolute Gasteiger partial charge is 0.469 e. The Morgan fingerprint density at radius 1 is 1.33 bits per heavy atom. The minimum Gasteiger partial charge on any atom is -0.469 e. The molecule has 0 aromatic heterocycles. The van der Waals surface area contributed by atoms with Crippen molar-refractivity contribution in [3.05, 3.63) is 28.8 Å². The number of hydrogen-bond donors (Lipinski definition) is 0. The van der Waals surface area contributed by atoms with Crippen molar-refractivity contribution >= 4 is 27.6 Å². The van der Waals surface area contributed by atoms with E-state index in [-0.39, 0.29) is 27.9 Å². The van der Waals surface area contributed by atoms with Crippen molar-refractivity contribution in [3.8, 4) is 6.07 Å². The van der Waals surface area contributed by atoms with Gasteiger partial charge in [-0.25, -0.2) is 8.42 Å². The molecule has 1 aliphatic heterocycles. The number of rotatable bonds is 5. The van der Waals surface area contributed by atoms with Gasteiger partial charge in [0, 0.05) is 32.7 Å². The summed E-state index contributed by atoms with van der Waals surface area (Å²) in [7, 11) is -2.32. The molecule has 1 heterocycles. The summed E-state index contributed by atoms with van der Waals surface area (Å²) in [5.41, 5.74) is 0.134. The van der Waals surface area contributed by atoms with E-state index in [4.69, 9.17) is 16.9 Å². The maximum absolute atomic E-state index is 12.7. The Morgan fingerprint density at radius 2 is 2.00 bits per heavy atom. The second-order valence-corrected chi connectivity index (χ2v) is 7.67. The average molecular weight is 372 g/mol. The Labute approximate surface area is 146 Å². The molecule has 0 N–H and O–H groups in total. The van der Waals surface area contributed by atoms with Gasteiger partial charge in [-0.15, -0.1) is 0 Å². The number of ether oxygens (including phenoxy) is 1. The number of carbonyl (C=O) groups excluding carboxylic acids is 1. The normalized spacial score (nSPS) is 16.5. The van der Waals surface area contributed by atoms with Crippen molar-refractivity contribution < 1.29 is 17.9 Å². The van der Waals surface area contributed by atoms with Gasteiger partial charge in [0.25, 0.3) is 0 Å². The number of nitrogens with zero attached hydrogens (tertiary/aromatic N) is 3. The predicted molar refractivity (Wildman–Crippen MR) is 88.0 cm³/mol. The van der Waals surface area contributed by atoms with Crippen LogP contribution in [0.15, 0.2) is 23.1 Å². The van der Waals surface area contributed by atoms with Crippen molar-refractivity contribution in [1.29, 1.82) is 5.26 Å². The molecule has 0 amide bonds. The van der Waals surface area contributed by atoms with Gasteiger partial charge in [-0.3, -0.25) is 4.79 Å². The first-order chi connectivity index (χ1) is 11.4. The number of esters is 1. The summed E-state index contributed by atoms with van der Waals surface area (Å²) in [6, 6.07) is 6.00. The van der Waals surface area contributed by atoms with Gasteiger partial charge in [-0.2, -0.15) is 9.57 Å². The molecule has 0 atom stereocenters. The van der Waals surface area contributed by atoms with Crippen LogP contribution in [0.1, 0.15) is 12.0 Å². The SMILES string of the molecule is COC(=O)CCN1CCN(S(=O)(=O)c2ccc(Cl)c(C#N)c2)CC1. The van der Waals surface area contributed by atoms with E-state index in [0.717, 1.165) is 0 Å². The summed E-state index contributed by atoms with van der Waals surface area (Å²) in [5.74, 6) is -0.282. The topological polar surface area (TPSA) is 90.7 Å². The van der Waals surface area contributed by atoms with Crippen molar-refractivity contribution in [2.75, 3.05) is 39.8 Å². The highest BCUT2D eigenvalue weighted by Gasteiger charge is 2.29. The monoisotopic (exact) mass is 371 g/mol. The molecule has 0 aliphatic carbocycles. The third-order valence-corrected chi connectivity index (χ3v) is 6.11. The molecule has 130 valence electrons. The number of methoxy groups -OCH3 is 1. The third kappa shape index (κ3) is 4.24. The van der Waals surface area contributed by atoms with Crippen LogP contribution in [0, 0.1) is 11.3 Å². The van der Waals surface area contributed by atoms with Gasteiger partial charge in [-0.1, -0.05) is 11.6 Å². The van der Waals surface area contributed by atoms with E-state index in [1.807, 2.05) is 11.0 Å². The second kappa shape index (κ2) is 7.94. The maximum atomic E-state index is 12.7. The fraction of sp³-hybridized carbons (Fsp3) is 0.467. The first kappa shape index (κ1) is 18.7. The minimum absolute atomic E-state index is 0.0615. The number of halogens is 1. The van der Waals surface area contributed by atoms with E-state index in [1.54, 1.807) is 0 Å². The van der Waals surface area contributed by atoms with Crippen molar-refractivity contribution in [2.24, 2.45) is 0 Å². The number of hydrogen-bond acceptors (Lipinski definition) is 6. The smallest absolute Gasteiger partial charge is 0.306 e. The zero-order valence-corrected chi connectivity index (χ0v) is 14.8. The first-order valence-electron chi connectivity index (χ1n) is 7.37. The Bertz CT molecular complexity index is 752. The summed E-state index contributed by atoms with van der Waals surface area (Å²) in [4.78, 5) is 13.2. The standard InChI is InChI=1S/C15H18ClN3O4S/c1-23-15(20)4-5-18-6-8-19(9-7-18)24(21,22)13-2-3-14(16)12(10-13)11-17/h2-3,10H,4-9H2,1H3. The molecule has 9 heteroatoms. The van der Waals surface area contributed by atoms with Gasteiger partial charge < -0.3 is 9.64 Å². The van der Waals surface area contributed by atoms with Crippen LogP contribution >= 0.6 is 11.6 Å². The van der Waals surface area contributed by atoms with Crippen LogP contribution in [0.25, 0.3) is 0 Å². The zero-order valence-electron chi connectivity index (χ0n) is 13.2. The lowest BCUT2D eigenvalue weighted by Crippen LogP contribution is -2.48. The van der Waals surface area contributed by atoms with E-state index in [2.05, 4.69) is 4.74 Å². The molecule has 1 aliphatic rings. The van der Waals surface area contributed by atoms with Crippen LogP contribution < -0.4 is 0 Å². The molecule has 0 radical (unpaired) electrons. The number of carbonyl (C=O) groups is 1. The lowest BCUT2D eigenvalue weighted by Gasteiger charge is -2.33. The quantitative estimate of drug-likeness (QED) is 0.719. The number of piperazine rings is 1. The Hall–Kier alpha value is -1.66. The summed E-state index contributed by atoms with van der Waals surface area (Å²) < 4.78 is 31.3. The van der Waals surface area contributed by atoms with Crippen LogP contribution in [0.4, 0.5) is 0 Å². The fourth-order valence-corrected chi connectivity index (χ4v) is 4.05. The molecule has 1 aromatic carbocycles. The molecule has 24 heavy (non-hydrogen) atoms. The zero-order chi connectivity index (χ0) is 17.7. The molecule has 1 saturated heterocycles. The highest BCUT2D eigenvalue weighted by atomic mass is 35.5. The van der Waals surface area contributed by atoms with Crippen LogP contribution in [-0.4, -0.2) is 63.4 Å². The first-order valence-corrected chi connectivity index (χ1v) is 9.19. The molecule has 1 fully saturated rings. The second-order valence-electron chi connectivity index (χ2n) is 5.33. The summed E-state index contributed by atoms with van der Waals surface area (Å²) in [6.45, 7) is 2.27. The average Bonchev–Trinajstić information content (AvgIpc) is 2.60. The van der Waals surface area contributed by atoms with Gasteiger partial charge >= 0.3 is 5.97 Å². The van der Waals surface area contributed by atoms with Crippen LogP contribution in [0.3, 0.4) is 0 Å². The Kier molecular flexibility index (Phi) is 6.18. The lowest BCUT2D eigenvalue weighted by atomic mass is 10.2. The van der Waals surface area contributed by atoms with E-state index in [9.17, 15) is 13.2 Å². The molecule has 0 spiro atoms.